The number of primary amides is 1. The Kier molecular flexibility index (Phi) is 28.7. The Labute approximate surface area is 432 Å². The maximum absolute atomic E-state index is 14.2. The number of hydrogen-bond donors (Lipinski definition) is 14. The molecule has 0 aromatic carbocycles. The summed E-state index contributed by atoms with van der Waals surface area (Å²) in [5.41, 5.74) is 22.5. The first kappa shape index (κ1) is 65.4. The van der Waals surface area contributed by atoms with E-state index in [9.17, 15) is 68.1 Å². The molecule has 1 heterocycles. The molecule has 0 unspecified atom stereocenters. The van der Waals surface area contributed by atoms with E-state index in [0.29, 0.717) is 12.8 Å². The molecule has 74 heavy (non-hydrogen) atoms. The van der Waals surface area contributed by atoms with Crippen molar-refractivity contribution in [1.29, 1.82) is 0 Å². The summed E-state index contributed by atoms with van der Waals surface area (Å²) in [7, 11) is 0. The fourth-order valence-corrected chi connectivity index (χ4v) is 8.03. The second kappa shape index (κ2) is 32.5. The first-order valence-corrected chi connectivity index (χ1v) is 25.0. The standard InChI is InChI=1S/C47H83N13O14/c1-23(2)17-27(48)45(72)60-16-10-12-35(60)44(71)59-34(22-61)43(70)56-30(18-24(3)4)40(67)53-28(11-9-15-52-47(50)51)38(65)54-29(13-14-36(49)62)39(66)55-31(19-25(5)6)41(68)57-32(21-37(63)64)42(69)58-33(46(73)74)20-26(7)8/h23-35,61H,9-22,48H2,1-8H3,(H2,49,62)(H,53,67)(H,54,65)(H,55,66)(H,56,70)(H,57,68)(H,58,69)(H,59,71)(H,63,64)(H,73,74)(H4,50,51,52)/t27-,28-,29-,30-,31-,32-,33-,34-,35-/m0/s1. The molecule has 1 rings (SSSR count). The first-order chi connectivity index (χ1) is 34.5. The number of carbonyl (C=O) groups is 11. The van der Waals surface area contributed by atoms with Crippen LogP contribution in [0.25, 0.3) is 0 Å². The quantitative estimate of drug-likeness (QED) is 0.0171. The lowest BCUT2D eigenvalue weighted by atomic mass is 10.00. The number of guanidine groups is 1. The number of nitrogens with zero attached hydrogens (tertiary/aromatic N) is 2. The molecule has 0 spiro atoms. The van der Waals surface area contributed by atoms with Crippen LogP contribution < -0.4 is 60.2 Å². The molecule has 1 aliphatic heterocycles. The van der Waals surface area contributed by atoms with Crippen LogP contribution in [0.4, 0.5) is 0 Å². The molecule has 1 saturated heterocycles. The molecule has 9 amide bonds. The topological polar surface area (TPSA) is 452 Å². The van der Waals surface area contributed by atoms with Crippen LogP contribution in [-0.4, -0.2) is 165 Å². The maximum atomic E-state index is 14.2. The summed E-state index contributed by atoms with van der Waals surface area (Å²) in [5.74, 6) is -11.8. The third-order valence-electron chi connectivity index (χ3n) is 11.6. The van der Waals surface area contributed by atoms with E-state index >= 15 is 0 Å². The second-order valence-corrected chi connectivity index (χ2v) is 20.3. The van der Waals surface area contributed by atoms with Gasteiger partial charge in [-0.05, 0) is 81.5 Å². The van der Waals surface area contributed by atoms with E-state index in [0.717, 1.165) is 0 Å². The smallest absolute Gasteiger partial charge is 0.326 e. The number of likely N-dealkylation sites (tertiary alicyclic amines) is 1. The van der Waals surface area contributed by atoms with Crippen LogP contribution in [0, 0.1) is 23.7 Å². The summed E-state index contributed by atoms with van der Waals surface area (Å²) in [4.78, 5) is 151. The van der Waals surface area contributed by atoms with Crippen LogP contribution in [0.1, 0.15) is 126 Å². The van der Waals surface area contributed by atoms with Gasteiger partial charge in [0.15, 0.2) is 5.96 Å². The maximum Gasteiger partial charge on any atom is 0.326 e. The highest BCUT2D eigenvalue weighted by Crippen LogP contribution is 2.20. The zero-order valence-electron chi connectivity index (χ0n) is 43.9. The summed E-state index contributed by atoms with van der Waals surface area (Å²) >= 11 is 0. The van der Waals surface area contributed by atoms with Gasteiger partial charge >= 0.3 is 11.9 Å². The number of nitrogens with one attached hydrogen (secondary N) is 7. The Morgan fingerprint density at radius 2 is 0.986 bits per heavy atom. The van der Waals surface area contributed by atoms with Gasteiger partial charge in [-0.15, -0.1) is 0 Å². The fraction of sp³-hybridized carbons (Fsp3) is 0.745. The Hall–Kier alpha value is -6.64. The molecule has 1 aliphatic rings. The van der Waals surface area contributed by atoms with Gasteiger partial charge in [-0.1, -0.05) is 55.4 Å². The molecular formula is C47H83N13O14. The molecule has 0 bridgehead atoms. The van der Waals surface area contributed by atoms with Crippen molar-refractivity contribution in [3.8, 4) is 0 Å². The van der Waals surface area contributed by atoms with Gasteiger partial charge in [-0.25, -0.2) is 4.79 Å². The van der Waals surface area contributed by atoms with Crippen molar-refractivity contribution < 1.29 is 68.1 Å². The van der Waals surface area contributed by atoms with Crippen molar-refractivity contribution in [3.05, 3.63) is 0 Å². The average Bonchev–Trinajstić information content (AvgIpc) is 3.78. The predicted molar refractivity (Wildman–Crippen MR) is 269 cm³/mol. The lowest BCUT2D eigenvalue weighted by Crippen LogP contribution is -2.61. The molecule has 18 N–H and O–H groups in total. The minimum absolute atomic E-state index is 0.0120. The van der Waals surface area contributed by atoms with E-state index in [1.54, 1.807) is 41.5 Å². The Morgan fingerprint density at radius 3 is 1.43 bits per heavy atom. The minimum atomic E-state index is -1.79. The average molecular weight is 1050 g/mol. The molecule has 0 aromatic heterocycles. The summed E-state index contributed by atoms with van der Waals surface area (Å²) in [6.45, 7) is 13.4. The van der Waals surface area contributed by atoms with Gasteiger partial charge in [0.25, 0.3) is 0 Å². The number of aliphatic carboxylic acids is 2. The van der Waals surface area contributed by atoms with Crippen molar-refractivity contribution in [3.63, 3.8) is 0 Å². The number of aliphatic imine (C=N–C) groups is 1. The molecule has 0 saturated carbocycles. The fourth-order valence-electron chi connectivity index (χ4n) is 8.03. The highest BCUT2D eigenvalue weighted by molar-refractivity contribution is 5.99. The largest absolute Gasteiger partial charge is 0.481 e. The zero-order chi connectivity index (χ0) is 56.6. The van der Waals surface area contributed by atoms with Gasteiger partial charge < -0.3 is 80.4 Å². The van der Waals surface area contributed by atoms with Crippen LogP contribution in [0.2, 0.25) is 0 Å². The third kappa shape index (κ3) is 24.4. The molecule has 1 fully saturated rings. The molecule has 420 valence electrons. The van der Waals surface area contributed by atoms with Gasteiger partial charge in [-0.3, -0.25) is 52.9 Å². The second-order valence-electron chi connectivity index (χ2n) is 20.3. The number of hydrogen-bond acceptors (Lipinski definition) is 14. The normalized spacial score (nSPS) is 16.6. The minimum Gasteiger partial charge on any atom is -0.481 e. The summed E-state index contributed by atoms with van der Waals surface area (Å²) in [6.07, 6.45) is -0.907. The third-order valence-corrected chi connectivity index (χ3v) is 11.6. The lowest BCUT2D eigenvalue weighted by molar-refractivity contribution is -0.144. The SMILES string of the molecule is CC(C)C[C@H](NC(=O)[C@H](CC(=O)O)NC(=O)[C@H](CC(C)C)NC(=O)[C@H](CCC(N)=O)NC(=O)[C@H](CCCN=C(N)N)NC(=O)[C@H](CC(C)C)NC(=O)[C@H](CO)NC(=O)[C@@H]1CCCN1C(=O)[C@@H](N)CC(C)C)C(=O)O. The van der Waals surface area contributed by atoms with E-state index in [1.807, 2.05) is 13.8 Å². The summed E-state index contributed by atoms with van der Waals surface area (Å²) in [5, 5.41) is 46.6. The number of carbonyl (C=O) groups excluding carboxylic acids is 9. The predicted octanol–water partition coefficient (Wildman–Crippen LogP) is -3.25. The zero-order valence-corrected chi connectivity index (χ0v) is 43.9. The number of aliphatic hydroxyl groups is 1. The van der Waals surface area contributed by atoms with Gasteiger partial charge in [-0.2, -0.15) is 0 Å². The van der Waals surface area contributed by atoms with Crippen LogP contribution in [0.15, 0.2) is 4.99 Å². The monoisotopic (exact) mass is 1050 g/mol. The van der Waals surface area contributed by atoms with E-state index < -0.39 is 145 Å². The molecule has 27 heteroatoms. The number of carboxylic acids is 2. The van der Waals surface area contributed by atoms with Crippen LogP contribution in [0.5, 0.6) is 0 Å². The van der Waals surface area contributed by atoms with Crippen molar-refractivity contribution in [2.45, 2.75) is 180 Å². The Bertz CT molecular complexity index is 1980. The number of aliphatic hydroxyl groups excluding tert-OH is 1. The molecule has 0 aliphatic carbocycles. The molecule has 0 aromatic rings. The number of carboxylic acid groups (broad SMARTS) is 2. The molecular weight excluding hydrogens is 971 g/mol. The van der Waals surface area contributed by atoms with E-state index in [2.05, 4.69) is 42.2 Å². The van der Waals surface area contributed by atoms with Crippen molar-refractivity contribution in [1.82, 2.24) is 42.1 Å². The lowest BCUT2D eigenvalue weighted by Gasteiger charge is -2.29. The number of rotatable bonds is 34. The first-order valence-electron chi connectivity index (χ1n) is 25.0. The van der Waals surface area contributed by atoms with Crippen molar-refractivity contribution >= 4 is 71.1 Å². The Balaban J connectivity index is 3.49. The molecule has 27 nitrogen and oxygen atoms in total. The van der Waals surface area contributed by atoms with Crippen LogP contribution >= 0.6 is 0 Å². The number of amides is 9. The summed E-state index contributed by atoms with van der Waals surface area (Å²) in [6, 6.07) is -12.5. The highest BCUT2D eigenvalue weighted by atomic mass is 16.4. The van der Waals surface area contributed by atoms with Gasteiger partial charge in [0.05, 0.1) is 19.1 Å². The van der Waals surface area contributed by atoms with Crippen LogP contribution in [-0.2, 0) is 52.7 Å². The van der Waals surface area contributed by atoms with E-state index in [1.165, 1.54) is 4.90 Å². The Morgan fingerprint density at radius 1 is 0.568 bits per heavy atom. The van der Waals surface area contributed by atoms with Crippen molar-refractivity contribution in [2.24, 2.45) is 51.6 Å². The van der Waals surface area contributed by atoms with Crippen LogP contribution in [0.3, 0.4) is 0 Å². The van der Waals surface area contributed by atoms with Gasteiger partial charge in [0.2, 0.25) is 53.2 Å². The van der Waals surface area contributed by atoms with Crippen molar-refractivity contribution in [2.75, 3.05) is 19.7 Å². The molecule has 9 atom stereocenters. The molecule has 0 radical (unpaired) electrons. The van der Waals surface area contributed by atoms with Gasteiger partial charge in [0, 0.05) is 19.5 Å². The highest BCUT2D eigenvalue weighted by Gasteiger charge is 2.39. The van der Waals surface area contributed by atoms with Gasteiger partial charge in [0.1, 0.15) is 48.3 Å². The van der Waals surface area contributed by atoms with E-state index in [4.69, 9.17) is 22.9 Å². The summed E-state index contributed by atoms with van der Waals surface area (Å²) < 4.78 is 0. The van der Waals surface area contributed by atoms with E-state index in [-0.39, 0.29) is 81.2 Å². The number of nitrogens with two attached hydrogens (primary N) is 4.